The van der Waals surface area contributed by atoms with Gasteiger partial charge in [0.05, 0.1) is 20.3 Å². The lowest BCUT2D eigenvalue weighted by Crippen LogP contribution is -2.38. The Morgan fingerprint density at radius 2 is 1.58 bits per heavy atom. The zero-order valence-electron chi connectivity index (χ0n) is 19.2. The molecule has 31 heavy (non-hydrogen) atoms. The molecule has 6 nitrogen and oxygen atoms in total. The molecule has 0 amide bonds. The van der Waals surface area contributed by atoms with Gasteiger partial charge in [-0.3, -0.25) is 0 Å². The molecular weight excluding hydrogens is 503 g/mol. The van der Waals surface area contributed by atoms with E-state index in [1.54, 1.807) is 7.11 Å². The molecule has 0 aliphatic heterocycles. The predicted molar refractivity (Wildman–Crippen MR) is 140 cm³/mol. The van der Waals surface area contributed by atoms with E-state index >= 15 is 0 Å². The van der Waals surface area contributed by atoms with Crippen molar-refractivity contribution in [1.82, 2.24) is 15.5 Å². The topological polar surface area (TPSA) is 58.1 Å². The van der Waals surface area contributed by atoms with Gasteiger partial charge in [0.2, 0.25) is 0 Å². The van der Waals surface area contributed by atoms with Crippen LogP contribution < -0.4 is 20.1 Å². The fraction of sp³-hybridized carbons (Fsp3) is 0.458. The Kier molecular flexibility index (Phi) is 13.7. The van der Waals surface area contributed by atoms with Crippen molar-refractivity contribution in [3.8, 4) is 11.5 Å². The predicted octanol–water partition coefficient (Wildman–Crippen LogP) is 3.94. The highest BCUT2D eigenvalue weighted by atomic mass is 127. The summed E-state index contributed by atoms with van der Waals surface area (Å²) in [6.07, 6.45) is 1.95. The molecule has 0 unspecified atom stereocenters. The highest BCUT2D eigenvalue weighted by Gasteiger charge is 2.00. The first-order valence-corrected chi connectivity index (χ1v) is 10.6. The molecule has 0 aliphatic carbocycles. The molecule has 0 fully saturated rings. The minimum Gasteiger partial charge on any atom is -0.497 e. The molecule has 0 saturated carbocycles. The summed E-state index contributed by atoms with van der Waals surface area (Å²) in [5.74, 6) is 2.62. The van der Waals surface area contributed by atoms with Gasteiger partial charge in [-0.05, 0) is 69.3 Å². The smallest absolute Gasteiger partial charge is 0.191 e. The number of ether oxygens (including phenoxy) is 2. The van der Waals surface area contributed by atoms with E-state index in [-0.39, 0.29) is 24.0 Å². The standard InChI is InChI=1S/C24H36N4O2.HI/c1-5-25-24(26-16-15-20-7-11-22(29-4)12-8-20)27-19-21-9-13-23(14-10-21)30-18-6-17-28(2)3;/h7-14H,5-6,15-19H2,1-4H3,(H2,25,26,27);1H. The average Bonchev–Trinajstić information content (AvgIpc) is 2.76. The first-order valence-electron chi connectivity index (χ1n) is 10.6. The molecule has 0 atom stereocenters. The third-order valence-corrected chi connectivity index (χ3v) is 4.57. The Morgan fingerprint density at radius 3 is 2.19 bits per heavy atom. The third kappa shape index (κ3) is 11.3. The number of benzene rings is 2. The van der Waals surface area contributed by atoms with Crippen molar-refractivity contribution < 1.29 is 9.47 Å². The summed E-state index contributed by atoms with van der Waals surface area (Å²) in [7, 11) is 5.83. The van der Waals surface area contributed by atoms with Crippen LogP contribution in [0.15, 0.2) is 53.5 Å². The average molecular weight is 540 g/mol. The lowest BCUT2D eigenvalue weighted by atomic mass is 10.1. The van der Waals surface area contributed by atoms with E-state index in [2.05, 4.69) is 60.8 Å². The van der Waals surface area contributed by atoms with Gasteiger partial charge in [0, 0.05) is 19.6 Å². The van der Waals surface area contributed by atoms with Crippen molar-refractivity contribution in [2.45, 2.75) is 26.3 Å². The monoisotopic (exact) mass is 540 g/mol. The number of methoxy groups -OCH3 is 1. The van der Waals surface area contributed by atoms with Crippen molar-refractivity contribution >= 4 is 29.9 Å². The van der Waals surface area contributed by atoms with Gasteiger partial charge in [-0.15, -0.1) is 24.0 Å². The van der Waals surface area contributed by atoms with Gasteiger partial charge in [0.25, 0.3) is 0 Å². The van der Waals surface area contributed by atoms with Gasteiger partial charge in [0.1, 0.15) is 11.5 Å². The van der Waals surface area contributed by atoms with Crippen LogP contribution in [-0.4, -0.2) is 58.3 Å². The lowest BCUT2D eigenvalue weighted by Gasteiger charge is -2.12. The number of halogens is 1. The fourth-order valence-corrected chi connectivity index (χ4v) is 2.89. The Bertz CT molecular complexity index is 749. The third-order valence-electron chi connectivity index (χ3n) is 4.57. The fourth-order valence-electron chi connectivity index (χ4n) is 2.89. The van der Waals surface area contributed by atoms with E-state index in [4.69, 9.17) is 14.5 Å². The number of aliphatic imine (C=N–C) groups is 1. The van der Waals surface area contributed by atoms with Crippen molar-refractivity contribution in [2.24, 2.45) is 4.99 Å². The van der Waals surface area contributed by atoms with Crippen LogP contribution in [0, 0.1) is 0 Å². The Labute approximate surface area is 204 Å². The van der Waals surface area contributed by atoms with E-state index in [9.17, 15) is 0 Å². The lowest BCUT2D eigenvalue weighted by molar-refractivity contribution is 0.281. The van der Waals surface area contributed by atoms with E-state index in [1.165, 1.54) is 5.56 Å². The van der Waals surface area contributed by atoms with Crippen LogP contribution in [0.1, 0.15) is 24.5 Å². The van der Waals surface area contributed by atoms with E-state index in [0.29, 0.717) is 6.54 Å². The van der Waals surface area contributed by atoms with Crippen LogP contribution in [-0.2, 0) is 13.0 Å². The summed E-state index contributed by atoms with van der Waals surface area (Å²) in [6, 6.07) is 16.4. The summed E-state index contributed by atoms with van der Waals surface area (Å²) < 4.78 is 11.0. The van der Waals surface area contributed by atoms with Gasteiger partial charge in [-0.1, -0.05) is 24.3 Å². The van der Waals surface area contributed by atoms with Gasteiger partial charge in [0.15, 0.2) is 5.96 Å². The molecule has 2 N–H and O–H groups in total. The van der Waals surface area contributed by atoms with Crippen molar-refractivity contribution in [2.75, 3.05) is 47.4 Å². The van der Waals surface area contributed by atoms with E-state index in [0.717, 1.165) is 62.1 Å². The molecule has 0 aliphatic rings. The minimum absolute atomic E-state index is 0. The van der Waals surface area contributed by atoms with Crippen LogP contribution in [0.2, 0.25) is 0 Å². The molecule has 0 bridgehead atoms. The zero-order chi connectivity index (χ0) is 21.6. The highest BCUT2D eigenvalue weighted by Crippen LogP contribution is 2.13. The second-order valence-electron chi connectivity index (χ2n) is 7.37. The SMILES string of the molecule is CCNC(=NCc1ccc(OCCCN(C)C)cc1)NCCc1ccc(OC)cc1.I. The minimum atomic E-state index is 0. The largest absolute Gasteiger partial charge is 0.497 e. The molecule has 2 aromatic rings. The summed E-state index contributed by atoms with van der Waals surface area (Å²) in [6.45, 7) is 6.11. The summed E-state index contributed by atoms with van der Waals surface area (Å²) >= 11 is 0. The number of rotatable bonds is 12. The summed E-state index contributed by atoms with van der Waals surface area (Å²) in [4.78, 5) is 6.86. The molecule has 7 heteroatoms. The van der Waals surface area contributed by atoms with Gasteiger partial charge in [-0.2, -0.15) is 0 Å². The zero-order valence-corrected chi connectivity index (χ0v) is 21.5. The summed E-state index contributed by atoms with van der Waals surface area (Å²) in [5, 5.41) is 6.70. The van der Waals surface area contributed by atoms with Crippen LogP contribution in [0.3, 0.4) is 0 Å². The quantitative estimate of drug-likeness (QED) is 0.185. The van der Waals surface area contributed by atoms with Crippen LogP contribution in [0.4, 0.5) is 0 Å². The van der Waals surface area contributed by atoms with Crippen LogP contribution >= 0.6 is 24.0 Å². The molecular formula is C24H37IN4O2. The van der Waals surface area contributed by atoms with E-state index in [1.807, 2.05) is 24.3 Å². The molecule has 0 spiro atoms. The summed E-state index contributed by atoms with van der Waals surface area (Å²) in [5.41, 5.74) is 2.42. The van der Waals surface area contributed by atoms with Gasteiger partial charge >= 0.3 is 0 Å². The highest BCUT2D eigenvalue weighted by molar-refractivity contribution is 14.0. The second-order valence-corrected chi connectivity index (χ2v) is 7.37. The van der Waals surface area contributed by atoms with Crippen molar-refractivity contribution in [1.29, 1.82) is 0 Å². The maximum Gasteiger partial charge on any atom is 0.191 e. The number of nitrogens with one attached hydrogen (secondary N) is 2. The molecule has 0 radical (unpaired) electrons. The molecule has 0 saturated heterocycles. The molecule has 0 aromatic heterocycles. The van der Waals surface area contributed by atoms with Crippen LogP contribution in [0.25, 0.3) is 0 Å². The van der Waals surface area contributed by atoms with E-state index < -0.39 is 0 Å². The second kappa shape index (κ2) is 15.8. The Hall–Kier alpha value is -2.00. The number of hydrogen-bond donors (Lipinski definition) is 2. The maximum atomic E-state index is 5.79. The molecule has 172 valence electrons. The van der Waals surface area contributed by atoms with Crippen molar-refractivity contribution in [3.63, 3.8) is 0 Å². The van der Waals surface area contributed by atoms with Crippen LogP contribution in [0.5, 0.6) is 11.5 Å². The normalized spacial score (nSPS) is 11.1. The molecule has 2 aromatic carbocycles. The first kappa shape index (κ1) is 27.0. The number of hydrogen-bond acceptors (Lipinski definition) is 4. The van der Waals surface area contributed by atoms with Gasteiger partial charge < -0.3 is 25.0 Å². The first-order chi connectivity index (χ1) is 14.6. The number of guanidine groups is 1. The Balaban J connectivity index is 0.00000480. The number of nitrogens with zero attached hydrogens (tertiary/aromatic N) is 2. The van der Waals surface area contributed by atoms with Gasteiger partial charge in [-0.25, -0.2) is 4.99 Å². The maximum absolute atomic E-state index is 5.79. The van der Waals surface area contributed by atoms with Crippen molar-refractivity contribution in [3.05, 3.63) is 59.7 Å². The molecule has 2 rings (SSSR count). The Morgan fingerprint density at radius 1 is 0.935 bits per heavy atom. The molecule has 0 heterocycles.